The summed E-state index contributed by atoms with van der Waals surface area (Å²) in [6.45, 7) is 11.5. The van der Waals surface area contributed by atoms with Gasteiger partial charge in [-0.1, -0.05) is 0 Å². The van der Waals surface area contributed by atoms with Gasteiger partial charge in [0.2, 0.25) is 0 Å². The molecule has 0 aliphatic carbocycles. The van der Waals surface area contributed by atoms with E-state index in [4.69, 9.17) is 26.7 Å². The monoisotopic (exact) mass is 303 g/mol. The third-order valence-electron chi connectivity index (χ3n) is 1.41. The molecule has 0 bridgehead atoms. The molecule has 91 valence electrons. The molecule has 0 fully saturated rings. The summed E-state index contributed by atoms with van der Waals surface area (Å²) in [5.74, 6) is 0.304. The van der Waals surface area contributed by atoms with E-state index in [0.29, 0.717) is 45.5 Å². The first-order chi connectivity index (χ1) is 7.35. The van der Waals surface area contributed by atoms with Gasteiger partial charge < -0.3 is 24.9 Å². The molecule has 0 spiro atoms. The number of nitrogens with two attached hydrogens (primary N) is 1. The van der Waals surface area contributed by atoms with Crippen LogP contribution in [0, 0.1) is 6.92 Å². The van der Waals surface area contributed by atoms with Crippen LogP contribution >= 0.6 is 0 Å². The molecule has 2 N–H and O–H groups in total. The molecule has 0 saturated carbocycles. The second-order valence-corrected chi connectivity index (χ2v) is 2.53. The van der Waals surface area contributed by atoms with Crippen molar-refractivity contribution in [3.05, 3.63) is 18.9 Å². The number of allylic oxidation sites excluding steroid dienone is 1. The molecule has 0 unspecified atom stereocenters. The zero-order valence-corrected chi connectivity index (χ0v) is 12.3. The van der Waals surface area contributed by atoms with Crippen molar-refractivity contribution in [2.75, 3.05) is 39.6 Å². The van der Waals surface area contributed by atoms with Crippen molar-refractivity contribution in [3.63, 3.8) is 0 Å². The summed E-state index contributed by atoms with van der Waals surface area (Å²) >= 11 is 0. The molecule has 0 atom stereocenters. The fourth-order valence-electron chi connectivity index (χ4n) is 0.759. The quantitative estimate of drug-likeness (QED) is 0.272. The molecule has 0 saturated heterocycles. The Morgan fingerprint density at radius 3 is 2.25 bits per heavy atom. The third-order valence-corrected chi connectivity index (χ3v) is 1.41. The maximum absolute atomic E-state index is 5.23. The molecular weight excluding hydrogens is 285 g/mol. The maximum atomic E-state index is 5.23. The normalized spacial score (nSPS) is 10.7. The summed E-state index contributed by atoms with van der Waals surface area (Å²) in [5, 5.41) is 0. The predicted molar refractivity (Wildman–Crippen MR) is 58.6 cm³/mol. The van der Waals surface area contributed by atoms with Crippen molar-refractivity contribution < 1.29 is 46.9 Å². The SMILES string of the molecule is [CH-]=N/C(=C\[CH2-])OCCOCCOCCN.[Y]. The first-order valence-corrected chi connectivity index (χ1v) is 4.73. The van der Waals surface area contributed by atoms with E-state index in [1.807, 2.05) is 0 Å². The maximum Gasteiger partial charge on any atom is 0.0896 e. The van der Waals surface area contributed by atoms with Crippen molar-refractivity contribution in [1.82, 2.24) is 0 Å². The summed E-state index contributed by atoms with van der Waals surface area (Å²) in [6.07, 6.45) is 1.43. The van der Waals surface area contributed by atoms with Crippen LogP contribution < -0.4 is 5.73 Å². The van der Waals surface area contributed by atoms with E-state index >= 15 is 0 Å². The van der Waals surface area contributed by atoms with Crippen molar-refractivity contribution in [2.24, 2.45) is 10.7 Å². The second kappa shape index (κ2) is 15.1. The molecule has 5 nitrogen and oxygen atoms in total. The van der Waals surface area contributed by atoms with Gasteiger partial charge in [0.25, 0.3) is 0 Å². The predicted octanol–water partition coefficient (Wildman–Crippen LogP) is 0.245. The molecule has 0 amide bonds. The van der Waals surface area contributed by atoms with Gasteiger partial charge in [-0.25, -0.2) is 6.92 Å². The molecule has 1 radical (unpaired) electrons. The van der Waals surface area contributed by atoms with E-state index in [2.05, 4.69) is 11.9 Å². The molecule has 0 aliphatic heterocycles. The number of rotatable bonds is 10. The average Bonchev–Trinajstić information content (AvgIpc) is 2.27. The van der Waals surface area contributed by atoms with Crippen molar-refractivity contribution in [3.8, 4) is 0 Å². The van der Waals surface area contributed by atoms with Gasteiger partial charge in [0.15, 0.2) is 0 Å². The van der Waals surface area contributed by atoms with Crippen LogP contribution in [0.5, 0.6) is 0 Å². The van der Waals surface area contributed by atoms with Crippen molar-refractivity contribution in [2.45, 2.75) is 0 Å². The van der Waals surface area contributed by atoms with E-state index in [1.54, 1.807) is 0 Å². The van der Waals surface area contributed by atoms with Gasteiger partial charge in [-0.2, -0.15) is 12.8 Å². The Balaban J connectivity index is 0. The van der Waals surface area contributed by atoms with Crippen molar-refractivity contribution >= 4 is 6.72 Å². The van der Waals surface area contributed by atoms with Crippen LogP contribution in [-0.2, 0) is 46.9 Å². The largest absolute Gasteiger partial charge is 0.561 e. The molecule has 0 aliphatic rings. The Morgan fingerprint density at radius 1 is 1.19 bits per heavy atom. The third kappa shape index (κ3) is 12.1. The van der Waals surface area contributed by atoms with Gasteiger partial charge in [0, 0.05) is 45.1 Å². The number of nitrogens with zero attached hydrogens (tertiary/aromatic N) is 1. The molecule has 0 aromatic carbocycles. The van der Waals surface area contributed by atoms with Crippen LogP contribution in [-0.4, -0.2) is 46.3 Å². The second-order valence-electron chi connectivity index (χ2n) is 2.53. The summed E-state index contributed by atoms with van der Waals surface area (Å²) in [7, 11) is 0. The van der Waals surface area contributed by atoms with Gasteiger partial charge in [0.1, 0.15) is 0 Å². The topological polar surface area (TPSA) is 66.1 Å². The van der Waals surface area contributed by atoms with Gasteiger partial charge in [-0.15, -0.1) is 0 Å². The van der Waals surface area contributed by atoms with Crippen molar-refractivity contribution in [1.29, 1.82) is 0 Å². The fraction of sp³-hybridized carbons (Fsp3) is 0.600. The Hall–Kier alpha value is 0.0639. The molecule has 0 aromatic heterocycles. The van der Waals surface area contributed by atoms with Gasteiger partial charge >= 0.3 is 0 Å². The Bertz CT molecular complexity index is 189. The number of aliphatic imine (C=N–C) groups is 1. The molecular formula is C10H18N2O3Y-2. The standard InChI is InChI=1S/C10H18N2O3.Y/c1-3-10(12-2)15-9-8-14-7-6-13-5-4-11;/h2-3H,1,4-9,11H2;/q-2;/b10-3+;. The number of ether oxygens (including phenoxy) is 3. The Labute approximate surface area is 122 Å². The van der Waals surface area contributed by atoms with E-state index in [0.717, 1.165) is 0 Å². The number of hydrogen-bond donors (Lipinski definition) is 1. The van der Waals surface area contributed by atoms with E-state index in [9.17, 15) is 0 Å². The fourth-order valence-corrected chi connectivity index (χ4v) is 0.759. The molecule has 6 heteroatoms. The minimum atomic E-state index is 0. The summed E-state index contributed by atoms with van der Waals surface area (Å²) in [4.78, 5) is 3.35. The zero-order valence-electron chi connectivity index (χ0n) is 9.43. The minimum absolute atomic E-state index is 0. The van der Waals surface area contributed by atoms with Gasteiger partial charge in [0.05, 0.1) is 33.0 Å². The smallest absolute Gasteiger partial charge is 0.0896 e. The molecule has 16 heavy (non-hydrogen) atoms. The average molecular weight is 303 g/mol. The summed E-state index contributed by atoms with van der Waals surface area (Å²) < 4.78 is 15.4. The summed E-state index contributed by atoms with van der Waals surface area (Å²) in [5.41, 5.74) is 5.23. The zero-order chi connectivity index (χ0) is 11.4. The first-order valence-electron chi connectivity index (χ1n) is 4.73. The van der Waals surface area contributed by atoms with E-state index < -0.39 is 0 Å². The first kappa shape index (κ1) is 18.4. The molecule has 0 rings (SSSR count). The summed E-state index contributed by atoms with van der Waals surface area (Å²) in [6, 6.07) is 0. The van der Waals surface area contributed by atoms with Gasteiger partial charge in [-0.05, 0) is 0 Å². The van der Waals surface area contributed by atoms with Gasteiger partial charge in [-0.3, -0.25) is 0 Å². The Kier molecular flexibility index (Phi) is 17.4. The van der Waals surface area contributed by atoms with E-state index in [-0.39, 0.29) is 32.7 Å². The molecule has 0 aromatic rings. The van der Waals surface area contributed by atoms with Crippen LogP contribution in [0.25, 0.3) is 0 Å². The molecule has 0 heterocycles. The van der Waals surface area contributed by atoms with Crippen LogP contribution in [0.4, 0.5) is 0 Å². The van der Waals surface area contributed by atoms with E-state index in [1.165, 1.54) is 6.08 Å². The van der Waals surface area contributed by atoms with Crippen LogP contribution in [0.3, 0.4) is 0 Å². The van der Waals surface area contributed by atoms with Crippen LogP contribution in [0.2, 0.25) is 0 Å². The van der Waals surface area contributed by atoms with Crippen LogP contribution in [0.15, 0.2) is 17.0 Å². The van der Waals surface area contributed by atoms with Crippen LogP contribution in [0.1, 0.15) is 0 Å². The minimum Gasteiger partial charge on any atom is -0.561 e. The Morgan fingerprint density at radius 2 is 1.75 bits per heavy atom. The number of hydrogen-bond acceptors (Lipinski definition) is 5.